The maximum Gasteiger partial charge on any atom is 0.0479 e. The first-order valence-electron chi connectivity index (χ1n) is 2.17. The molecule has 0 unspecified atom stereocenters. The van der Waals surface area contributed by atoms with Crippen LogP contribution < -0.4 is 0 Å². The average Bonchev–Trinajstić information content (AvgIpc) is 1.35. The van der Waals surface area contributed by atoms with Crippen LogP contribution in [0.1, 0.15) is 20.8 Å². The molecule has 0 aliphatic carbocycles. The molecule has 1 radical (unpaired) electrons. The Labute approximate surface area is 87.9 Å². The van der Waals surface area contributed by atoms with Crippen LogP contribution in [0.5, 0.6) is 0 Å². The van der Waals surface area contributed by atoms with Crippen molar-refractivity contribution in [3.63, 3.8) is 0 Å². The van der Waals surface area contributed by atoms with Crippen LogP contribution in [0.15, 0.2) is 0 Å². The quantitative estimate of drug-likeness (QED) is 0.474. The van der Waals surface area contributed by atoms with Crippen LogP contribution in [0.4, 0.5) is 0 Å². The van der Waals surface area contributed by atoms with E-state index in [1.165, 1.54) is 0 Å². The third-order valence-corrected chi connectivity index (χ3v) is 0.474. The number of rotatable bonds is 0. The van der Waals surface area contributed by atoms with Gasteiger partial charge in [-0.25, -0.2) is 0 Å². The Morgan fingerprint density at radius 3 is 1.43 bits per heavy atom. The molecule has 1 nitrogen and oxygen atoms in total. The molecule has 0 aliphatic heterocycles. The number of aliphatic hydroxyl groups excluding tert-OH is 1. The van der Waals surface area contributed by atoms with Crippen LogP contribution in [-0.2, 0) is 0 Å². The van der Waals surface area contributed by atoms with E-state index >= 15 is 0 Å². The Balaban J connectivity index is 0. The van der Waals surface area contributed by atoms with E-state index in [1.807, 2.05) is 20.8 Å². The molecule has 0 bridgehead atoms. The number of aliphatic hydroxyl groups is 1. The van der Waals surface area contributed by atoms with Gasteiger partial charge in [0.15, 0.2) is 0 Å². The van der Waals surface area contributed by atoms with Gasteiger partial charge in [0.25, 0.3) is 0 Å². The van der Waals surface area contributed by atoms with Crippen molar-refractivity contribution in [3.8, 4) is 0 Å². The first-order valence-corrected chi connectivity index (χ1v) is 2.17. The predicted molar refractivity (Wildman–Crippen MR) is 32.3 cm³/mol. The van der Waals surface area contributed by atoms with Gasteiger partial charge in [0, 0.05) is 58.0 Å². The normalized spacial score (nSPS) is 10.3. The van der Waals surface area contributed by atoms with E-state index in [9.17, 15) is 0 Å². The minimum atomic E-state index is 0. The van der Waals surface area contributed by atoms with Gasteiger partial charge >= 0.3 is 0 Å². The topological polar surface area (TPSA) is 20.2 Å². The Bertz CT molecular complexity index is 37.8. The van der Waals surface area contributed by atoms with Gasteiger partial charge in [0.1, 0.15) is 0 Å². The molecule has 0 saturated heterocycles. The largest absolute Gasteiger partial charge is 0.396 e. The fourth-order valence-corrected chi connectivity index (χ4v) is 0. The molecule has 39 valence electrons. The molecule has 0 aromatic heterocycles. The van der Waals surface area contributed by atoms with Crippen LogP contribution in [0.3, 0.4) is 0 Å². The van der Waals surface area contributed by atoms with Gasteiger partial charge in [-0.15, -0.1) is 0 Å². The minimum absolute atomic E-state index is 0. The van der Waals surface area contributed by atoms with Crippen LogP contribution in [0.25, 0.3) is 0 Å². The molecule has 0 fully saturated rings. The van der Waals surface area contributed by atoms with Crippen LogP contribution in [0, 0.1) is 5.41 Å². The molecule has 0 aliphatic rings. The van der Waals surface area contributed by atoms with E-state index < -0.39 is 0 Å². The fraction of sp³-hybridized carbons (Fsp3) is 1.00. The molecule has 0 rings (SSSR count). The average molecular weight is 127 g/mol. The smallest absolute Gasteiger partial charge is 0.0479 e. The van der Waals surface area contributed by atoms with Crippen molar-refractivity contribution in [2.45, 2.75) is 20.8 Å². The molecular weight excluding hydrogens is 115 g/mol. The van der Waals surface area contributed by atoms with Crippen molar-refractivity contribution in [1.82, 2.24) is 0 Å². The fourth-order valence-electron chi connectivity index (χ4n) is 0. The van der Waals surface area contributed by atoms with Crippen molar-refractivity contribution in [1.29, 1.82) is 0 Å². The predicted octanol–water partition coefficient (Wildman–Crippen LogP) is 0.644. The van der Waals surface area contributed by atoms with E-state index in [4.69, 9.17) is 5.11 Å². The summed E-state index contributed by atoms with van der Waals surface area (Å²) in [5.74, 6) is 0. The monoisotopic (exact) mass is 127 g/mol. The summed E-state index contributed by atoms with van der Waals surface area (Å²) in [5.41, 5.74) is 0.0972. The maximum atomic E-state index is 8.40. The third kappa shape index (κ3) is 11.3. The summed E-state index contributed by atoms with van der Waals surface area (Å²) in [6.07, 6.45) is 0. The first kappa shape index (κ1) is 11.4. The molecule has 0 heterocycles. The maximum absolute atomic E-state index is 8.40. The molecule has 0 amide bonds. The summed E-state index contributed by atoms with van der Waals surface area (Å²) in [6, 6.07) is 0. The molecule has 0 saturated carbocycles. The van der Waals surface area contributed by atoms with Crippen LogP contribution >= 0.6 is 0 Å². The Morgan fingerprint density at radius 1 is 1.29 bits per heavy atom. The molecule has 7 heavy (non-hydrogen) atoms. The number of hydrogen-bond donors (Lipinski definition) is 1. The zero-order chi connectivity index (χ0) is 5.21. The second kappa shape index (κ2) is 4.47. The van der Waals surface area contributed by atoms with E-state index in [1.54, 1.807) is 0 Å². The standard InChI is InChI=1S/C5H12O.K/c1-5(2,3)4-6;/h6H,4H2,1-3H3;. The summed E-state index contributed by atoms with van der Waals surface area (Å²) < 4.78 is 0. The Kier molecular flexibility index (Phi) is 7.28. The SMILES string of the molecule is CC(C)(C)CO.[K]. The van der Waals surface area contributed by atoms with Crippen LogP contribution in [-0.4, -0.2) is 63.1 Å². The van der Waals surface area contributed by atoms with Gasteiger partial charge < -0.3 is 5.11 Å². The molecule has 2 heteroatoms. The summed E-state index contributed by atoms with van der Waals surface area (Å²) in [6.45, 7) is 6.25. The van der Waals surface area contributed by atoms with E-state index in [-0.39, 0.29) is 63.4 Å². The molecule has 0 atom stereocenters. The summed E-state index contributed by atoms with van der Waals surface area (Å²) in [5, 5.41) is 8.40. The van der Waals surface area contributed by atoms with Crippen molar-refractivity contribution in [2.75, 3.05) is 6.61 Å². The van der Waals surface area contributed by atoms with Crippen molar-refractivity contribution < 1.29 is 5.11 Å². The molecule has 0 aromatic carbocycles. The van der Waals surface area contributed by atoms with E-state index in [2.05, 4.69) is 0 Å². The second-order valence-electron chi connectivity index (χ2n) is 2.72. The summed E-state index contributed by atoms with van der Waals surface area (Å²) in [7, 11) is 0. The van der Waals surface area contributed by atoms with Crippen molar-refractivity contribution >= 4 is 51.4 Å². The van der Waals surface area contributed by atoms with Crippen LogP contribution in [0.2, 0.25) is 0 Å². The second-order valence-corrected chi connectivity index (χ2v) is 2.72. The molecule has 1 N–H and O–H groups in total. The summed E-state index contributed by atoms with van der Waals surface area (Å²) in [4.78, 5) is 0. The van der Waals surface area contributed by atoms with Gasteiger partial charge in [-0.05, 0) is 5.41 Å². The minimum Gasteiger partial charge on any atom is -0.396 e. The summed E-state index contributed by atoms with van der Waals surface area (Å²) >= 11 is 0. The molecule has 0 spiro atoms. The Morgan fingerprint density at radius 2 is 1.43 bits per heavy atom. The van der Waals surface area contributed by atoms with Gasteiger partial charge in [0.05, 0.1) is 0 Å². The molecular formula is C5H12KO. The molecule has 0 aromatic rings. The van der Waals surface area contributed by atoms with Crippen molar-refractivity contribution in [2.24, 2.45) is 5.41 Å². The number of hydrogen-bond acceptors (Lipinski definition) is 1. The van der Waals surface area contributed by atoms with Crippen molar-refractivity contribution in [3.05, 3.63) is 0 Å². The van der Waals surface area contributed by atoms with Gasteiger partial charge in [-0.1, -0.05) is 20.8 Å². The van der Waals surface area contributed by atoms with E-state index in [0.29, 0.717) is 0 Å². The Hall–Kier alpha value is 1.60. The van der Waals surface area contributed by atoms with Gasteiger partial charge in [-0.2, -0.15) is 0 Å². The zero-order valence-electron chi connectivity index (χ0n) is 5.65. The van der Waals surface area contributed by atoms with E-state index in [0.717, 1.165) is 0 Å². The third-order valence-electron chi connectivity index (χ3n) is 0.474. The zero-order valence-corrected chi connectivity index (χ0v) is 8.78. The van der Waals surface area contributed by atoms with Gasteiger partial charge in [0.2, 0.25) is 0 Å². The first-order chi connectivity index (χ1) is 2.56. The van der Waals surface area contributed by atoms with Gasteiger partial charge in [-0.3, -0.25) is 0 Å².